The molecule has 8 nitrogen and oxygen atoms in total. The SMILES string of the molecule is Cn1c(=O)c2cc(C(=O)NCCN3CCOCC3)sc2n(C)c1=O. The maximum absolute atomic E-state index is 12.3. The van der Waals surface area contributed by atoms with Gasteiger partial charge in [0.05, 0.1) is 23.5 Å². The number of carbonyl (C=O) groups is 1. The molecule has 3 heterocycles. The van der Waals surface area contributed by atoms with Crippen LogP contribution in [-0.2, 0) is 18.8 Å². The van der Waals surface area contributed by atoms with Crippen molar-refractivity contribution < 1.29 is 9.53 Å². The van der Waals surface area contributed by atoms with Gasteiger partial charge in [0, 0.05) is 40.3 Å². The zero-order valence-corrected chi connectivity index (χ0v) is 14.5. The van der Waals surface area contributed by atoms with Crippen molar-refractivity contribution >= 4 is 27.5 Å². The predicted octanol–water partition coefficient (Wildman–Crippen LogP) is -0.639. The molecule has 0 spiro atoms. The van der Waals surface area contributed by atoms with E-state index in [1.807, 2.05) is 0 Å². The van der Waals surface area contributed by atoms with Crippen LogP contribution in [0.3, 0.4) is 0 Å². The largest absolute Gasteiger partial charge is 0.379 e. The van der Waals surface area contributed by atoms with Crippen molar-refractivity contribution in [3.8, 4) is 0 Å². The van der Waals surface area contributed by atoms with Gasteiger partial charge in [-0.1, -0.05) is 0 Å². The Hall–Kier alpha value is -1.97. The normalized spacial score (nSPS) is 15.8. The molecule has 9 heteroatoms. The van der Waals surface area contributed by atoms with Gasteiger partial charge < -0.3 is 10.1 Å². The number of fused-ring (bicyclic) bond motifs is 1. The van der Waals surface area contributed by atoms with Crippen LogP contribution in [-0.4, -0.2) is 59.3 Å². The van der Waals surface area contributed by atoms with Gasteiger partial charge in [-0.05, 0) is 6.07 Å². The number of nitrogens with one attached hydrogen (secondary N) is 1. The molecule has 0 aromatic carbocycles. The molecule has 2 aromatic heterocycles. The molecule has 0 bridgehead atoms. The number of aryl methyl sites for hydroxylation is 1. The molecular formula is C15H20N4O4S. The minimum atomic E-state index is -0.395. The van der Waals surface area contributed by atoms with Crippen molar-refractivity contribution in [2.24, 2.45) is 14.1 Å². The lowest BCUT2D eigenvalue weighted by Crippen LogP contribution is -2.41. The third kappa shape index (κ3) is 3.14. The summed E-state index contributed by atoms with van der Waals surface area (Å²) in [4.78, 5) is 39.6. The molecule has 1 N–H and O–H groups in total. The van der Waals surface area contributed by atoms with Crippen molar-refractivity contribution in [2.45, 2.75) is 0 Å². The first-order chi connectivity index (χ1) is 11.5. The minimum Gasteiger partial charge on any atom is -0.379 e. The van der Waals surface area contributed by atoms with E-state index in [9.17, 15) is 14.4 Å². The Labute approximate surface area is 142 Å². The molecule has 130 valence electrons. The number of nitrogens with zero attached hydrogens (tertiary/aromatic N) is 3. The maximum Gasteiger partial charge on any atom is 0.331 e. The first-order valence-corrected chi connectivity index (χ1v) is 8.58. The van der Waals surface area contributed by atoms with Gasteiger partial charge in [-0.3, -0.25) is 23.6 Å². The topological polar surface area (TPSA) is 85.6 Å². The Bertz CT molecular complexity index is 876. The van der Waals surface area contributed by atoms with E-state index < -0.39 is 5.69 Å². The summed E-state index contributed by atoms with van der Waals surface area (Å²) in [6.45, 7) is 4.49. The van der Waals surface area contributed by atoms with E-state index in [1.165, 1.54) is 11.6 Å². The minimum absolute atomic E-state index is 0.223. The third-order valence-electron chi connectivity index (χ3n) is 4.17. The van der Waals surface area contributed by atoms with Crippen LogP contribution in [0.25, 0.3) is 10.2 Å². The fourth-order valence-corrected chi connectivity index (χ4v) is 3.74. The van der Waals surface area contributed by atoms with Crippen molar-refractivity contribution in [3.63, 3.8) is 0 Å². The molecule has 3 rings (SSSR count). The Balaban J connectivity index is 1.73. The van der Waals surface area contributed by atoms with Crippen LogP contribution in [0.2, 0.25) is 0 Å². The molecule has 2 aromatic rings. The Morgan fingerprint density at radius 1 is 1.25 bits per heavy atom. The fraction of sp³-hybridized carbons (Fsp3) is 0.533. The van der Waals surface area contributed by atoms with Crippen LogP contribution in [0.15, 0.2) is 15.7 Å². The highest BCUT2D eigenvalue weighted by Crippen LogP contribution is 2.21. The van der Waals surface area contributed by atoms with E-state index in [-0.39, 0.29) is 11.5 Å². The van der Waals surface area contributed by atoms with Gasteiger partial charge in [0.2, 0.25) is 0 Å². The maximum atomic E-state index is 12.3. The quantitative estimate of drug-likeness (QED) is 0.791. The molecule has 1 aliphatic rings. The summed E-state index contributed by atoms with van der Waals surface area (Å²) in [5, 5.41) is 3.26. The van der Waals surface area contributed by atoms with Crippen molar-refractivity contribution in [1.29, 1.82) is 0 Å². The molecule has 24 heavy (non-hydrogen) atoms. The Morgan fingerprint density at radius 2 is 1.96 bits per heavy atom. The number of thiophene rings is 1. The summed E-state index contributed by atoms with van der Waals surface area (Å²) in [6, 6.07) is 1.56. The lowest BCUT2D eigenvalue weighted by atomic mass is 10.3. The second-order valence-corrected chi connectivity index (χ2v) is 6.78. The summed E-state index contributed by atoms with van der Waals surface area (Å²) < 4.78 is 7.73. The Kier molecular flexibility index (Phi) is 4.83. The standard InChI is InChI=1S/C15H20N4O4S/c1-17-13(21)10-9-11(24-14(10)18(2)15(17)22)12(20)16-3-4-19-5-7-23-8-6-19/h9H,3-8H2,1-2H3,(H,16,20). The number of hydrogen-bond donors (Lipinski definition) is 1. The molecule has 1 aliphatic heterocycles. The summed E-state index contributed by atoms with van der Waals surface area (Å²) in [7, 11) is 3.03. The first-order valence-electron chi connectivity index (χ1n) is 7.77. The van der Waals surface area contributed by atoms with E-state index in [0.29, 0.717) is 21.6 Å². The number of hydrogen-bond acceptors (Lipinski definition) is 6. The summed E-state index contributed by atoms with van der Waals surface area (Å²) >= 11 is 1.16. The lowest BCUT2D eigenvalue weighted by molar-refractivity contribution is 0.0383. The molecule has 0 aliphatic carbocycles. The van der Waals surface area contributed by atoms with Crippen molar-refractivity contribution in [3.05, 3.63) is 31.8 Å². The third-order valence-corrected chi connectivity index (χ3v) is 5.38. The lowest BCUT2D eigenvalue weighted by Gasteiger charge is -2.26. The fourth-order valence-electron chi connectivity index (χ4n) is 2.71. The van der Waals surface area contributed by atoms with Crippen LogP contribution in [0, 0.1) is 0 Å². The number of carbonyl (C=O) groups excluding carboxylic acids is 1. The molecule has 0 saturated carbocycles. The molecule has 1 saturated heterocycles. The average molecular weight is 352 g/mol. The summed E-state index contributed by atoms with van der Waals surface area (Å²) in [5.74, 6) is -0.223. The Morgan fingerprint density at radius 3 is 2.67 bits per heavy atom. The van der Waals surface area contributed by atoms with E-state index >= 15 is 0 Å². The summed E-state index contributed by atoms with van der Waals surface area (Å²) in [6.07, 6.45) is 0. The van der Waals surface area contributed by atoms with Crippen LogP contribution in [0.5, 0.6) is 0 Å². The van der Waals surface area contributed by atoms with Crippen molar-refractivity contribution in [2.75, 3.05) is 39.4 Å². The molecular weight excluding hydrogens is 332 g/mol. The smallest absolute Gasteiger partial charge is 0.331 e. The first kappa shape index (κ1) is 16.9. The van der Waals surface area contributed by atoms with Crippen LogP contribution >= 0.6 is 11.3 Å². The van der Waals surface area contributed by atoms with Gasteiger partial charge >= 0.3 is 5.69 Å². The zero-order chi connectivity index (χ0) is 17.3. The van der Waals surface area contributed by atoms with Gasteiger partial charge in [0.1, 0.15) is 4.83 Å². The number of morpholine rings is 1. The average Bonchev–Trinajstić information content (AvgIpc) is 3.04. The monoisotopic (exact) mass is 352 g/mol. The number of rotatable bonds is 4. The highest BCUT2D eigenvalue weighted by Gasteiger charge is 2.17. The zero-order valence-electron chi connectivity index (χ0n) is 13.7. The number of amides is 1. The molecule has 1 fully saturated rings. The van der Waals surface area contributed by atoms with Gasteiger partial charge in [-0.2, -0.15) is 0 Å². The molecule has 1 amide bonds. The number of ether oxygens (including phenoxy) is 1. The van der Waals surface area contributed by atoms with E-state index in [1.54, 1.807) is 13.1 Å². The van der Waals surface area contributed by atoms with Gasteiger partial charge in [-0.25, -0.2) is 4.79 Å². The van der Waals surface area contributed by atoms with Crippen molar-refractivity contribution in [1.82, 2.24) is 19.4 Å². The highest BCUT2D eigenvalue weighted by molar-refractivity contribution is 7.20. The van der Waals surface area contributed by atoms with E-state index in [4.69, 9.17) is 4.74 Å². The van der Waals surface area contributed by atoms with E-state index in [0.717, 1.165) is 48.8 Å². The second kappa shape index (κ2) is 6.88. The highest BCUT2D eigenvalue weighted by atomic mass is 32.1. The van der Waals surface area contributed by atoms with Crippen LogP contribution in [0.4, 0.5) is 0 Å². The van der Waals surface area contributed by atoms with Gasteiger partial charge in [0.25, 0.3) is 11.5 Å². The molecule has 0 atom stereocenters. The van der Waals surface area contributed by atoms with Crippen LogP contribution in [0.1, 0.15) is 9.67 Å². The summed E-state index contributed by atoms with van der Waals surface area (Å²) in [5.41, 5.74) is -0.773. The molecule has 0 unspecified atom stereocenters. The molecule has 0 radical (unpaired) electrons. The van der Waals surface area contributed by atoms with E-state index in [2.05, 4.69) is 10.2 Å². The number of aromatic nitrogens is 2. The predicted molar refractivity (Wildman–Crippen MR) is 91.9 cm³/mol. The second-order valence-electron chi connectivity index (χ2n) is 5.75. The van der Waals surface area contributed by atoms with Crippen LogP contribution < -0.4 is 16.6 Å². The van der Waals surface area contributed by atoms with Gasteiger partial charge in [0.15, 0.2) is 0 Å². The van der Waals surface area contributed by atoms with Gasteiger partial charge in [-0.15, -0.1) is 11.3 Å².